The first-order valence-electron chi connectivity index (χ1n) is 10.3. The number of amides is 2. The summed E-state index contributed by atoms with van der Waals surface area (Å²) in [6, 6.07) is 14.9. The fourth-order valence-corrected chi connectivity index (χ4v) is 4.51. The number of benzene rings is 2. The molecule has 8 nitrogen and oxygen atoms in total. The van der Waals surface area contributed by atoms with E-state index in [1.807, 2.05) is 43.3 Å². The zero-order valence-electron chi connectivity index (χ0n) is 18.8. The summed E-state index contributed by atoms with van der Waals surface area (Å²) in [6.45, 7) is 3.63. The van der Waals surface area contributed by atoms with Gasteiger partial charge in [-0.3, -0.25) is 9.59 Å². The van der Waals surface area contributed by atoms with E-state index in [0.29, 0.717) is 5.75 Å². The van der Waals surface area contributed by atoms with E-state index in [-0.39, 0.29) is 26.2 Å². The van der Waals surface area contributed by atoms with Gasteiger partial charge in [-0.15, -0.1) is 0 Å². The number of hydrogen-bond acceptors (Lipinski definition) is 5. The van der Waals surface area contributed by atoms with Crippen LogP contribution in [0, 0.1) is 6.92 Å². The number of nitrogens with one attached hydrogen (secondary N) is 1. The van der Waals surface area contributed by atoms with Crippen molar-refractivity contribution in [2.24, 2.45) is 0 Å². The van der Waals surface area contributed by atoms with Crippen molar-refractivity contribution < 1.29 is 22.7 Å². The van der Waals surface area contributed by atoms with Gasteiger partial charge in [0.1, 0.15) is 11.3 Å². The highest BCUT2D eigenvalue weighted by molar-refractivity contribution is 7.88. The van der Waals surface area contributed by atoms with Gasteiger partial charge in [0.2, 0.25) is 21.8 Å². The lowest BCUT2D eigenvalue weighted by atomic mass is 9.94. The number of piperazine rings is 1. The minimum absolute atomic E-state index is 0.118. The molecular weight excluding hydrogens is 430 g/mol. The molecule has 1 aliphatic heterocycles. The molecule has 1 heterocycles. The Morgan fingerprint density at radius 2 is 1.69 bits per heavy atom. The topological polar surface area (TPSA) is 96.0 Å². The Bertz CT molecular complexity index is 1080. The van der Waals surface area contributed by atoms with Crippen LogP contribution in [-0.4, -0.2) is 61.4 Å². The van der Waals surface area contributed by atoms with Crippen molar-refractivity contribution >= 4 is 21.8 Å². The maximum absolute atomic E-state index is 13.3. The number of carbonyl (C=O) groups is 2. The molecule has 0 bridgehead atoms. The predicted molar refractivity (Wildman–Crippen MR) is 121 cm³/mol. The third-order valence-corrected chi connectivity index (χ3v) is 6.92. The Labute approximate surface area is 189 Å². The standard InChI is InChI=1S/C23H29N3O5S/c1-17-5-7-18(8-6-17)13-24-22(28)23(2)16-25(32(4,29)30)15-21(27)26(23)14-19-9-11-20(31-3)12-10-19/h5-12H,13-16H2,1-4H3,(H,24,28)/t23-/m0/s1. The second-order valence-corrected chi connectivity index (χ2v) is 10.3. The maximum atomic E-state index is 13.3. The van der Waals surface area contributed by atoms with Crippen molar-refractivity contribution in [2.75, 3.05) is 26.5 Å². The van der Waals surface area contributed by atoms with Crippen molar-refractivity contribution in [2.45, 2.75) is 32.5 Å². The van der Waals surface area contributed by atoms with Crippen molar-refractivity contribution in [1.29, 1.82) is 0 Å². The van der Waals surface area contributed by atoms with Crippen molar-refractivity contribution in [3.8, 4) is 5.75 Å². The Kier molecular flexibility index (Phi) is 6.90. The van der Waals surface area contributed by atoms with Gasteiger partial charge in [-0.2, -0.15) is 4.31 Å². The number of nitrogens with zero attached hydrogens (tertiary/aromatic N) is 2. The fraction of sp³-hybridized carbons (Fsp3) is 0.391. The molecule has 2 amide bonds. The van der Waals surface area contributed by atoms with Crippen LogP contribution in [0.15, 0.2) is 48.5 Å². The Balaban J connectivity index is 1.86. The van der Waals surface area contributed by atoms with E-state index in [1.165, 1.54) is 4.90 Å². The number of rotatable bonds is 7. The van der Waals surface area contributed by atoms with Gasteiger partial charge in [0.05, 0.1) is 19.9 Å². The monoisotopic (exact) mass is 459 g/mol. The highest BCUT2D eigenvalue weighted by Gasteiger charge is 2.49. The quantitative estimate of drug-likeness (QED) is 0.680. The van der Waals surface area contributed by atoms with E-state index in [0.717, 1.165) is 27.3 Å². The first-order chi connectivity index (χ1) is 15.0. The molecule has 0 saturated carbocycles. The summed E-state index contributed by atoms with van der Waals surface area (Å²) in [5.41, 5.74) is 1.46. The van der Waals surface area contributed by atoms with Gasteiger partial charge in [0, 0.05) is 19.6 Å². The van der Waals surface area contributed by atoms with Crippen molar-refractivity contribution in [3.63, 3.8) is 0 Å². The first-order valence-corrected chi connectivity index (χ1v) is 12.1. The van der Waals surface area contributed by atoms with E-state index in [1.54, 1.807) is 26.2 Å². The second-order valence-electron chi connectivity index (χ2n) is 8.30. The molecule has 172 valence electrons. The number of aryl methyl sites for hydroxylation is 1. The van der Waals surface area contributed by atoms with Crippen molar-refractivity contribution in [1.82, 2.24) is 14.5 Å². The first kappa shape index (κ1) is 23.7. The van der Waals surface area contributed by atoms with E-state index in [4.69, 9.17) is 4.74 Å². The molecule has 1 aliphatic rings. The van der Waals surface area contributed by atoms with Gasteiger partial charge >= 0.3 is 0 Å². The van der Waals surface area contributed by atoms with Gasteiger partial charge < -0.3 is 15.0 Å². The molecule has 2 aromatic rings. The molecule has 1 N–H and O–H groups in total. The minimum Gasteiger partial charge on any atom is -0.497 e. The Hall–Kier alpha value is -2.91. The summed E-state index contributed by atoms with van der Waals surface area (Å²) >= 11 is 0. The van der Waals surface area contributed by atoms with Gasteiger partial charge in [-0.25, -0.2) is 8.42 Å². The van der Waals surface area contributed by atoms with E-state index >= 15 is 0 Å². The Morgan fingerprint density at radius 1 is 1.09 bits per heavy atom. The average molecular weight is 460 g/mol. The van der Waals surface area contributed by atoms with Gasteiger partial charge in [0.25, 0.3) is 0 Å². The van der Waals surface area contributed by atoms with Crippen LogP contribution in [-0.2, 0) is 32.7 Å². The Morgan fingerprint density at radius 3 is 2.25 bits per heavy atom. The fourth-order valence-electron chi connectivity index (χ4n) is 3.68. The van der Waals surface area contributed by atoms with Crippen molar-refractivity contribution in [3.05, 3.63) is 65.2 Å². The van der Waals surface area contributed by atoms with E-state index < -0.39 is 27.4 Å². The molecule has 2 aromatic carbocycles. The second kappa shape index (κ2) is 9.30. The molecule has 0 radical (unpaired) electrons. The zero-order valence-corrected chi connectivity index (χ0v) is 19.6. The van der Waals surface area contributed by atoms with Crippen LogP contribution < -0.4 is 10.1 Å². The molecular formula is C23H29N3O5S. The van der Waals surface area contributed by atoms with E-state index in [2.05, 4.69) is 5.32 Å². The normalized spacial score (nSPS) is 19.6. The van der Waals surface area contributed by atoms with E-state index in [9.17, 15) is 18.0 Å². The van der Waals surface area contributed by atoms with Crippen LogP contribution in [0.25, 0.3) is 0 Å². The average Bonchev–Trinajstić information content (AvgIpc) is 2.75. The molecule has 0 aromatic heterocycles. The lowest BCUT2D eigenvalue weighted by Gasteiger charge is -2.46. The summed E-state index contributed by atoms with van der Waals surface area (Å²) in [5.74, 6) is -0.153. The summed E-state index contributed by atoms with van der Waals surface area (Å²) in [4.78, 5) is 27.8. The molecule has 3 rings (SSSR count). The summed E-state index contributed by atoms with van der Waals surface area (Å²) < 4.78 is 30.6. The van der Waals surface area contributed by atoms with Crippen LogP contribution in [0.3, 0.4) is 0 Å². The molecule has 1 atom stereocenters. The van der Waals surface area contributed by atoms with Crippen LogP contribution in [0.5, 0.6) is 5.75 Å². The lowest BCUT2D eigenvalue weighted by Crippen LogP contribution is -2.69. The van der Waals surface area contributed by atoms with Crippen LogP contribution in [0.4, 0.5) is 0 Å². The molecule has 1 saturated heterocycles. The van der Waals surface area contributed by atoms with Gasteiger partial charge in [-0.05, 0) is 37.1 Å². The van der Waals surface area contributed by atoms with Crippen LogP contribution in [0.1, 0.15) is 23.6 Å². The van der Waals surface area contributed by atoms with Gasteiger partial charge in [0.15, 0.2) is 0 Å². The number of hydrogen-bond donors (Lipinski definition) is 1. The molecule has 1 fully saturated rings. The SMILES string of the molecule is COc1ccc(CN2C(=O)CN(S(C)(=O)=O)C[C@@]2(C)C(=O)NCc2ccc(C)cc2)cc1. The van der Waals surface area contributed by atoms with Gasteiger partial charge in [-0.1, -0.05) is 42.0 Å². The third-order valence-electron chi connectivity index (χ3n) is 5.72. The highest BCUT2D eigenvalue weighted by Crippen LogP contribution is 2.27. The third kappa shape index (κ3) is 5.28. The summed E-state index contributed by atoms with van der Waals surface area (Å²) in [7, 11) is -2.08. The zero-order chi connectivity index (χ0) is 23.5. The number of ether oxygens (including phenoxy) is 1. The smallest absolute Gasteiger partial charge is 0.247 e. The largest absolute Gasteiger partial charge is 0.497 e. The molecule has 0 spiro atoms. The number of carbonyl (C=O) groups excluding carboxylic acids is 2. The lowest BCUT2D eigenvalue weighted by molar-refractivity contribution is -0.153. The minimum atomic E-state index is -3.65. The number of methoxy groups -OCH3 is 1. The summed E-state index contributed by atoms with van der Waals surface area (Å²) in [5, 5.41) is 2.88. The molecule has 0 unspecified atom stereocenters. The highest BCUT2D eigenvalue weighted by atomic mass is 32.2. The molecule has 0 aliphatic carbocycles. The molecule has 9 heteroatoms. The summed E-state index contributed by atoms with van der Waals surface area (Å²) in [6.07, 6.45) is 1.05. The van der Waals surface area contributed by atoms with Crippen LogP contribution in [0.2, 0.25) is 0 Å². The van der Waals surface area contributed by atoms with Crippen LogP contribution >= 0.6 is 0 Å². The number of sulfonamides is 1. The molecule has 32 heavy (non-hydrogen) atoms. The maximum Gasteiger partial charge on any atom is 0.247 e. The predicted octanol–water partition coefficient (Wildman–Crippen LogP) is 1.68.